The molecule has 1 aromatic rings. The fraction of sp³-hybridized carbons (Fsp3) is 0.600. The Hall–Kier alpha value is -1.26. The van der Waals surface area contributed by atoms with Crippen LogP contribution in [0.1, 0.15) is 25.8 Å². The third-order valence-electron chi connectivity index (χ3n) is 3.09. The van der Waals surface area contributed by atoms with Crippen molar-refractivity contribution in [1.82, 2.24) is 5.32 Å². The molecule has 0 aliphatic carbocycles. The highest BCUT2D eigenvalue weighted by atomic mass is 16.5. The summed E-state index contributed by atoms with van der Waals surface area (Å²) in [4.78, 5) is 2.11. The number of nitrogens with zero attached hydrogens (tertiary/aromatic N) is 1. The third-order valence-corrected chi connectivity index (χ3v) is 3.09. The molecule has 0 saturated heterocycles. The average Bonchev–Trinajstić information content (AvgIpc) is 2.45. The Balaban J connectivity index is 2.82. The van der Waals surface area contributed by atoms with Crippen molar-refractivity contribution < 1.29 is 9.84 Å². The molecule has 4 heteroatoms. The van der Waals surface area contributed by atoms with Crippen LogP contribution in [-0.2, 0) is 6.54 Å². The lowest BCUT2D eigenvalue weighted by molar-refractivity contribution is 0.302. The Labute approximate surface area is 116 Å². The lowest BCUT2D eigenvalue weighted by Gasteiger charge is -2.24. The van der Waals surface area contributed by atoms with Crippen molar-refractivity contribution in [2.45, 2.75) is 26.8 Å². The van der Waals surface area contributed by atoms with E-state index in [1.54, 1.807) is 7.11 Å². The molecule has 0 fully saturated rings. The van der Waals surface area contributed by atoms with E-state index in [4.69, 9.17) is 9.84 Å². The standard InChI is InChI=1S/C15H26N2O2/c1-4-8-16-12-13-6-7-14(15(11-13)19-3)17(5-2)9-10-18/h6-7,11,16,18H,4-5,8-10,12H2,1-3H3. The normalized spacial score (nSPS) is 10.5. The largest absolute Gasteiger partial charge is 0.495 e. The summed E-state index contributed by atoms with van der Waals surface area (Å²) in [5.74, 6) is 0.867. The SMILES string of the molecule is CCCNCc1ccc(N(CC)CCO)c(OC)c1. The Morgan fingerprint density at radius 2 is 2.11 bits per heavy atom. The molecule has 0 unspecified atom stereocenters. The van der Waals surface area contributed by atoms with E-state index in [0.29, 0.717) is 6.54 Å². The van der Waals surface area contributed by atoms with Gasteiger partial charge in [-0.2, -0.15) is 0 Å². The van der Waals surface area contributed by atoms with E-state index in [1.165, 1.54) is 5.56 Å². The van der Waals surface area contributed by atoms with Gasteiger partial charge < -0.3 is 20.1 Å². The number of nitrogens with one attached hydrogen (secondary N) is 1. The molecule has 0 saturated carbocycles. The molecule has 1 aromatic carbocycles. The van der Waals surface area contributed by atoms with Gasteiger partial charge in [0.25, 0.3) is 0 Å². The first-order valence-corrected chi connectivity index (χ1v) is 7.00. The van der Waals surface area contributed by atoms with Crippen LogP contribution in [0.2, 0.25) is 0 Å². The van der Waals surface area contributed by atoms with Crippen LogP contribution in [0.5, 0.6) is 5.75 Å². The molecular formula is C15H26N2O2. The van der Waals surface area contributed by atoms with Crippen LogP contribution in [0.25, 0.3) is 0 Å². The van der Waals surface area contributed by atoms with Crippen LogP contribution in [0, 0.1) is 0 Å². The van der Waals surface area contributed by atoms with E-state index in [-0.39, 0.29) is 6.61 Å². The number of hydrogen-bond acceptors (Lipinski definition) is 4. The van der Waals surface area contributed by atoms with Gasteiger partial charge >= 0.3 is 0 Å². The Morgan fingerprint density at radius 1 is 1.32 bits per heavy atom. The first kappa shape index (κ1) is 15.8. The fourth-order valence-corrected chi connectivity index (χ4v) is 2.07. The van der Waals surface area contributed by atoms with Crippen LogP contribution in [0.15, 0.2) is 18.2 Å². The topological polar surface area (TPSA) is 44.7 Å². The first-order valence-electron chi connectivity index (χ1n) is 7.00. The number of anilines is 1. The molecule has 2 N–H and O–H groups in total. The van der Waals surface area contributed by atoms with Crippen molar-refractivity contribution in [2.75, 3.05) is 38.3 Å². The van der Waals surface area contributed by atoms with Gasteiger partial charge in [-0.1, -0.05) is 13.0 Å². The second-order valence-electron chi connectivity index (χ2n) is 4.49. The highest BCUT2D eigenvalue weighted by Crippen LogP contribution is 2.29. The molecule has 19 heavy (non-hydrogen) atoms. The minimum Gasteiger partial charge on any atom is -0.495 e. The summed E-state index contributed by atoms with van der Waals surface area (Å²) < 4.78 is 5.47. The van der Waals surface area contributed by atoms with Crippen LogP contribution in [0.4, 0.5) is 5.69 Å². The molecule has 0 bridgehead atoms. The maximum Gasteiger partial charge on any atom is 0.142 e. The van der Waals surface area contributed by atoms with E-state index in [0.717, 1.165) is 37.5 Å². The smallest absolute Gasteiger partial charge is 0.142 e. The van der Waals surface area contributed by atoms with E-state index in [1.807, 2.05) is 0 Å². The lowest BCUT2D eigenvalue weighted by Crippen LogP contribution is -2.26. The number of rotatable bonds is 9. The lowest BCUT2D eigenvalue weighted by atomic mass is 10.1. The molecule has 0 spiro atoms. The molecule has 0 radical (unpaired) electrons. The van der Waals surface area contributed by atoms with Crippen molar-refractivity contribution in [3.63, 3.8) is 0 Å². The molecule has 0 aliphatic heterocycles. The predicted octanol–water partition coefficient (Wildman–Crippen LogP) is 2.01. The maximum absolute atomic E-state index is 9.10. The first-order chi connectivity index (χ1) is 9.26. The average molecular weight is 266 g/mol. The van der Waals surface area contributed by atoms with Gasteiger partial charge in [0.1, 0.15) is 5.75 Å². The molecule has 4 nitrogen and oxygen atoms in total. The number of methoxy groups -OCH3 is 1. The minimum atomic E-state index is 0.150. The van der Waals surface area contributed by atoms with Crippen molar-refractivity contribution >= 4 is 5.69 Å². The Morgan fingerprint density at radius 3 is 2.68 bits per heavy atom. The highest BCUT2D eigenvalue weighted by Gasteiger charge is 2.10. The summed E-state index contributed by atoms with van der Waals surface area (Å²) in [6.07, 6.45) is 1.13. The van der Waals surface area contributed by atoms with E-state index in [2.05, 4.69) is 42.3 Å². The Bertz CT molecular complexity index is 369. The van der Waals surface area contributed by atoms with Crippen molar-refractivity contribution in [1.29, 1.82) is 0 Å². The summed E-state index contributed by atoms with van der Waals surface area (Å²) in [6, 6.07) is 6.25. The van der Waals surface area contributed by atoms with Gasteiger partial charge in [-0.25, -0.2) is 0 Å². The van der Waals surface area contributed by atoms with E-state index >= 15 is 0 Å². The molecule has 1 rings (SSSR count). The van der Waals surface area contributed by atoms with Gasteiger partial charge in [0.15, 0.2) is 0 Å². The quantitative estimate of drug-likeness (QED) is 0.671. The zero-order valence-electron chi connectivity index (χ0n) is 12.3. The molecule has 108 valence electrons. The number of ether oxygens (including phenoxy) is 1. The third kappa shape index (κ3) is 4.73. The minimum absolute atomic E-state index is 0.150. The van der Waals surface area contributed by atoms with Gasteiger partial charge in [-0.15, -0.1) is 0 Å². The molecule has 0 amide bonds. The number of aliphatic hydroxyl groups is 1. The number of likely N-dealkylation sites (N-methyl/N-ethyl adjacent to an activating group) is 1. The zero-order chi connectivity index (χ0) is 14.1. The summed E-state index contributed by atoms with van der Waals surface area (Å²) in [7, 11) is 1.69. The van der Waals surface area contributed by atoms with Gasteiger partial charge in [0, 0.05) is 19.6 Å². The number of hydrogen-bond donors (Lipinski definition) is 2. The number of aliphatic hydroxyl groups excluding tert-OH is 1. The summed E-state index contributed by atoms with van der Waals surface area (Å²) in [5.41, 5.74) is 2.26. The summed E-state index contributed by atoms with van der Waals surface area (Å²) >= 11 is 0. The number of benzene rings is 1. The van der Waals surface area contributed by atoms with Gasteiger partial charge in [0.2, 0.25) is 0 Å². The molecule has 0 atom stereocenters. The van der Waals surface area contributed by atoms with Crippen molar-refractivity contribution in [3.8, 4) is 5.75 Å². The van der Waals surface area contributed by atoms with Gasteiger partial charge in [0.05, 0.1) is 19.4 Å². The summed E-state index contributed by atoms with van der Waals surface area (Å²) in [5, 5.41) is 12.5. The highest BCUT2D eigenvalue weighted by molar-refractivity contribution is 5.59. The summed E-state index contributed by atoms with van der Waals surface area (Å²) in [6.45, 7) is 7.74. The van der Waals surface area contributed by atoms with Crippen LogP contribution < -0.4 is 15.0 Å². The van der Waals surface area contributed by atoms with E-state index < -0.39 is 0 Å². The predicted molar refractivity (Wildman–Crippen MR) is 80.0 cm³/mol. The molecule has 0 heterocycles. The van der Waals surface area contributed by atoms with Gasteiger partial charge in [-0.3, -0.25) is 0 Å². The zero-order valence-corrected chi connectivity index (χ0v) is 12.3. The van der Waals surface area contributed by atoms with Crippen LogP contribution >= 0.6 is 0 Å². The second-order valence-corrected chi connectivity index (χ2v) is 4.49. The fourth-order valence-electron chi connectivity index (χ4n) is 2.07. The van der Waals surface area contributed by atoms with Crippen LogP contribution in [-0.4, -0.2) is 38.5 Å². The second kappa shape index (κ2) is 8.77. The molecular weight excluding hydrogens is 240 g/mol. The monoisotopic (exact) mass is 266 g/mol. The molecule has 0 aromatic heterocycles. The van der Waals surface area contributed by atoms with E-state index in [9.17, 15) is 0 Å². The van der Waals surface area contributed by atoms with Gasteiger partial charge in [-0.05, 0) is 37.6 Å². The van der Waals surface area contributed by atoms with Crippen molar-refractivity contribution in [3.05, 3.63) is 23.8 Å². The van der Waals surface area contributed by atoms with Crippen LogP contribution in [0.3, 0.4) is 0 Å². The Kier molecular flexibility index (Phi) is 7.30. The maximum atomic E-state index is 9.10. The molecule has 0 aliphatic rings. The van der Waals surface area contributed by atoms with Crippen molar-refractivity contribution in [2.24, 2.45) is 0 Å².